The number of nitrogens with one attached hydrogen (secondary N) is 2. The van der Waals surface area contributed by atoms with Gasteiger partial charge < -0.3 is 15.0 Å². The maximum Gasteiger partial charge on any atom is 0.402 e. The first-order chi connectivity index (χ1) is 16.0. The van der Waals surface area contributed by atoms with E-state index in [9.17, 15) is 26.4 Å². The quantitative estimate of drug-likeness (QED) is 0.551. The van der Waals surface area contributed by atoms with Gasteiger partial charge in [0.05, 0.1) is 18.9 Å². The van der Waals surface area contributed by atoms with E-state index in [1.165, 1.54) is 16.5 Å². The van der Waals surface area contributed by atoms with Crippen LogP contribution in [0.3, 0.4) is 0 Å². The summed E-state index contributed by atoms with van der Waals surface area (Å²) in [5.74, 6) is 0. The maximum absolute atomic E-state index is 13.0. The largest absolute Gasteiger partial charge is 0.402 e. The van der Waals surface area contributed by atoms with Crippen molar-refractivity contribution in [1.82, 2.24) is 9.71 Å². The second-order valence-electron chi connectivity index (χ2n) is 7.54. The van der Waals surface area contributed by atoms with E-state index in [0.29, 0.717) is 36.7 Å². The highest BCUT2D eigenvalue weighted by Gasteiger charge is 2.32. The van der Waals surface area contributed by atoms with Crippen LogP contribution < -0.4 is 19.8 Å². The molecule has 0 bridgehead atoms. The molecule has 2 heterocycles. The van der Waals surface area contributed by atoms with Gasteiger partial charge in [0.2, 0.25) is 0 Å². The Morgan fingerprint density at radius 3 is 2.47 bits per heavy atom. The molecular weight excluding hydrogens is 495 g/mol. The number of morpholine rings is 1. The number of carbonyl (C=O) groups is 1. The van der Waals surface area contributed by atoms with Gasteiger partial charge >= 0.3 is 12.2 Å². The van der Waals surface area contributed by atoms with E-state index < -0.39 is 28.8 Å². The van der Waals surface area contributed by atoms with E-state index >= 15 is 0 Å². The number of aryl methyl sites for hydroxylation is 1. The Kier molecular flexibility index (Phi) is 8.38. The third-order valence-corrected chi connectivity index (χ3v) is 8.06. The minimum Gasteiger partial charge on any atom is -0.378 e. The summed E-state index contributed by atoms with van der Waals surface area (Å²) >= 11 is 0.643. The summed E-state index contributed by atoms with van der Waals surface area (Å²) in [7, 11) is -4.44. The van der Waals surface area contributed by atoms with Crippen LogP contribution in [0.1, 0.15) is 19.0 Å². The summed E-state index contributed by atoms with van der Waals surface area (Å²) in [6.07, 6.45) is -4.14. The van der Waals surface area contributed by atoms with Crippen molar-refractivity contribution in [2.24, 2.45) is 0 Å². The molecule has 34 heavy (non-hydrogen) atoms. The standard InChI is InChI=1S/C20H26F3N5O4S2/c1-3-8-28(19-25-14(2)17(33-19)34(30,31)24-13-20(21,22)23)18(29)26-15-4-6-16(7-5-15)27-9-11-32-12-10-27/h4-7,24H,3,8-13H2,1-2H3,(H,26,29). The molecule has 2 N–H and O–H groups in total. The van der Waals surface area contributed by atoms with E-state index in [1.54, 1.807) is 12.1 Å². The van der Waals surface area contributed by atoms with E-state index in [4.69, 9.17) is 4.74 Å². The van der Waals surface area contributed by atoms with Gasteiger partial charge in [-0.2, -0.15) is 13.2 Å². The highest BCUT2D eigenvalue weighted by Crippen LogP contribution is 2.31. The van der Waals surface area contributed by atoms with Crippen molar-refractivity contribution in [2.75, 3.05) is 54.5 Å². The Labute approximate surface area is 200 Å². The second kappa shape index (κ2) is 10.9. The third kappa shape index (κ3) is 6.81. The average Bonchev–Trinajstić information content (AvgIpc) is 3.19. The molecule has 9 nitrogen and oxygen atoms in total. The predicted molar refractivity (Wildman–Crippen MR) is 124 cm³/mol. The fourth-order valence-corrected chi connectivity index (χ4v) is 5.84. The number of alkyl halides is 3. The number of nitrogens with zero attached hydrogens (tertiary/aromatic N) is 3. The van der Waals surface area contributed by atoms with E-state index in [2.05, 4.69) is 15.2 Å². The lowest BCUT2D eigenvalue weighted by atomic mass is 10.2. The number of urea groups is 1. The number of thiazole rings is 1. The molecule has 1 saturated heterocycles. The van der Waals surface area contributed by atoms with Crippen molar-refractivity contribution in [3.05, 3.63) is 30.0 Å². The molecule has 2 amide bonds. The molecule has 14 heteroatoms. The van der Waals surface area contributed by atoms with Crippen molar-refractivity contribution in [3.8, 4) is 0 Å². The zero-order valence-electron chi connectivity index (χ0n) is 18.7. The van der Waals surface area contributed by atoms with E-state index in [-0.39, 0.29) is 21.6 Å². The molecule has 1 aromatic heterocycles. The smallest absolute Gasteiger partial charge is 0.378 e. The highest BCUT2D eigenvalue weighted by molar-refractivity contribution is 7.91. The molecule has 1 aliphatic rings. The Hall–Kier alpha value is -2.42. The molecular formula is C20H26F3N5O4S2. The van der Waals surface area contributed by atoms with Crippen LogP contribution in [0.4, 0.5) is 34.5 Å². The van der Waals surface area contributed by atoms with Gasteiger partial charge in [-0.1, -0.05) is 18.3 Å². The van der Waals surface area contributed by atoms with Crippen LogP contribution in [-0.4, -0.2) is 65.0 Å². The monoisotopic (exact) mass is 521 g/mol. The number of aromatic nitrogens is 1. The summed E-state index contributed by atoms with van der Waals surface area (Å²) in [6.45, 7) is 4.61. The van der Waals surface area contributed by atoms with Gasteiger partial charge in [-0.15, -0.1) is 0 Å². The highest BCUT2D eigenvalue weighted by atomic mass is 32.2. The number of amides is 2. The minimum absolute atomic E-state index is 0.0124. The molecule has 188 valence electrons. The number of rotatable bonds is 8. The average molecular weight is 522 g/mol. The van der Waals surface area contributed by atoms with Gasteiger partial charge in [0.25, 0.3) is 10.0 Å². The second-order valence-corrected chi connectivity index (χ2v) is 10.5. The topological polar surface area (TPSA) is 104 Å². The Morgan fingerprint density at radius 1 is 1.24 bits per heavy atom. The number of sulfonamides is 1. The number of halogens is 3. The van der Waals surface area contributed by atoms with Crippen molar-refractivity contribution in [3.63, 3.8) is 0 Å². The van der Waals surface area contributed by atoms with Crippen molar-refractivity contribution in [1.29, 1.82) is 0 Å². The number of hydrogen-bond acceptors (Lipinski definition) is 7. The molecule has 1 aliphatic heterocycles. The number of carbonyl (C=O) groups excluding carboxylic acids is 1. The lowest BCUT2D eigenvalue weighted by molar-refractivity contribution is -0.121. The number of ether oxygens (including phenoxy) is 1. The van der Waals surface area contributed by atoms with Gasteiger partial charge in [-0.05, 0) is 37.6 Å². The number of hydrogen-bond donors (Lipinski definition) is 2. The van der Waals surface area contributed by atoms with Gasteiger partial charge in [0, 0.05) is 31.0 Å². The minimum atomic E-state index is -4.69. The third-order valence-electron chi connectivity index (χ3n) is 4.87. The Balaban J connectivity index is 1.74. The van der Waals surface area contributed by atoms with Crippen molar-refractivity contribution < 1.29 is 31.1 Å². The molecule has 2 aromatic rings. The van der Waals surface area contributed by atoms with Crippen molar-refractivity contribution >= 4 is 43.9 Å². The van der Waals surface area contributed by atoms with Crippen molar-refractivity contribution in [2.45, 2.75) is 30.7 Å². The molecule has 1 aromatic carbocycles. The summed E-state index contributed by atoms with van der Waals surface area (Å²) in [5.41, 5.74) is 1.55. The van der Waals surface area contributed by atoms with Gasteiger partial charge in [-0.25, -0.2) is 22.9 Å². The molecule has 0 aliphatic carbocycles. The number of anilines is 3. The fourth-order valence-electron chi connectivity index (χ4n) is 3.25. The van der Waals surface area contributed by atoms with Gasteiger partial charge in [-0.3, -0.25) is 4.90 Å². The molecule has 0 unspecified atom stereocenters. The summed E-state index contributed by atoms with van der Waals surface area (Å²) in [4.78, 5) is 20.5. The zero-order valence-corrected chi connectivity index (χ0v) is 20.3. The van der Waals surface area contributed by atoms with Crippen LogP contribution in [0.2, 0.25) is 0 Å². The van der Waals surface area contributed by atoms with Crippen LogP contribution in [-0.2, 0) is 14.8 Å². The molecule has 0 saturated carbocycles. The first-order valence-corrected chi connectivity index (χ1v) is 12.9. The van der Waals surface area contributed by atoms with Gasteiger partial charge in [0.15, 0.2) is 9.34 Å². The molecule has 1 fully saturated rings. The molecule has 0 radical (unpaired) electrons. The van der Waals surface area contributed by atoms with E-state index in [0.717, 1.165) is 18.8 Å². The summed E-state index contributed by atoms with van der Waals surface area (Å²) in [6, 6.07) is 6.76. The van der Waals surface area contributed by atoms with E-state index in [1.807, 2.05) is 19.1 Å². The zero-order chi connectivity index (χ0) is 24.9. The normalized spacial score (nSPS) is 14.8. The van der Waals surface area contributed by atoms with Crippen LogP contribution in [0.25, 0.3) is 0 Å². The lowest BCUT2D eigenvalue weighted by Crippen LogP contribution is -2.36. The Morgan fingerprint density at radius 2 is 1.88 bits per heavy atom. The number of benzene rings is 1. The molecule has 3 rings (SSSR count). The van der Waals surface area contributed by atoms with Crippen LogP contribution in [0.15, 0.2) is 28.5 Å². The lowest BCUT2D eigenvalue weighted by Gasteiger charge is -2.29. The molecule has 0 spiro atoms. The SMILES string of the molecule is CCCN(C(=O)Nc1ccc(N2CCOCC2)cc1)c1nc(C)c(S(=O)(=O)NCC(F)(F)F)s1. The maximum atomic E-state index is 13.0. The van der Waals surface area contributed by atoms with Gasteiger partial charge in [0.1, 0.15) is 6.54 Å². The van der Waals surface area contributed by atoms with Crippen LogP contribution in [0.5, 0.6) is 0 Å². The van der Waals surface area contributed by atoms with Crippen LogP contribution >= 0.6 is 11.3 Å². The first-order valence-electron chi connectivity index (χ1n) is 10.6. The summed E-state index contributed by atoms with van der Waals surface area (Å²) < 4.78 is 68.6. The van der Waals surface area contributed by atoms with Crippen LogP contribution in [0, 0.1) is 6.92 Å². The first kappa shape index (κ1) is 26.2. The molecule has 0 atom stereocenters. The Bertz CT molecular complexity index is 1080. The fraction of sp³-hybridized carbons (Fsp3) is 0.500. The summed E-state index contributed by atoms with van der Waals surface area (Å²) in [5, 5.41) is 2.84. The predicted octanol–water partition coefficient (Wildman–Crippen LogP) is 3.58.